The summed E-state index contributed by atoms with van der Waals surface area (Å²) in [4.78, 5) is 2.34. The lowest BCUT2D eigenvalue weighted by molar-refractivity contribution is 0.670. The Morgan fingerprint density at radius 1 is 0.328 bits per heavy atom. The van der Waals surface area contributed by atoms with E-state index >= 15 is 0 Å². The third-order valence-corrected chi connectivity index (χ3v) is 12.2. The van der Waals surface area contributed by atoms with Gasteiger partial charge in [-0.3, -0.25) is 0 Å². The molecule has 286 valence electrons. The van der Waals surface area contributed by atoms with Gasteiger partial charge in [0.2, 0.25) is 0 Å². The van der Waals surface area contributed by atoms with Crippen LogP contribution >= 0.6 is 0 Å². The highest BCUT2D eigenvalue weighted by molar-refractivity contribution is 6.10. The number of nitrogens with zero attached hydrogens (tertiary/aromatic N) is 2. The molecule has 0 unspecified atom stereocenters. The first kappa shape index (κ1) is 34.9. The van der Waals surface area contributed by atoms with Gasteiger partial charge in [0.25, 0.3) is 0 Å². The largest absolute Gasteiger partial charge is 0.455 e. The lowest BCUT2D eigenvalue weighted by atomic mass is 9.98. The number of hydrogen-bond acceptors (Lipinski definition) is 2. The van der Waals surface area contributed by atoms with Gasteiger partial charge in [0.15, 0.2) is 0 Å². The second-order valence-corrected chi connectivity index (χ2v) is 15.7. The van der Waals surface area contributed by atoms with Crippen molar-refractivity contribution in [3.05, 3.63) is 231 Å². The van der Waals surface area contributed by atoms with Crippen molar-refractivity contribution in [2.24, 2.45) is 0 Å². The number of anilines is 3. The van der Waals surface area contributed by atoms with E-state index in [0.29, 0.717) is 0 Å². The summed E-state index contributed by atoms with van der Waals surface area (Å²) < 4.78 is 8.80. The van der Waals surface area contributed by atoms with E-state index in [2.05, 4.69) is 228 Å². The molecule has 0 fully saturated rings. The van der Waals surface area contributed by atoms with Gasteiger partial charge in [-0.1, -0.05) is 158 Å². The molecule has 12 rings (SSSR count). The van der Waals surface area contributed by atoms with Gasteiger partial charge in [-0.25, -0.2) is 0 Å². The predicted octanol–water partition coefficient (Wildman–Crippen LogP) is 16.3. The van der Waals surface area contributed by atoms with Gasteiger partial charge in [0.05, 0.1) is 11.0 Å². The van der Waals surface area contributed by atoms with Gasteiger partial charge in [0, 0.05) is 49.9 Å². The first-order valence-corrected chi connectivity index (χ1v) is 20.8. The topological polar surface area (TPSA) is 21.3 Å². The summed E-state index contributed by atoms with van der Waals surface area (Å²) in [5.41, 5.74) is 15.5. The molecule has 10 aromatic carbocycles. The fraction of sp³-hybridized carbons (Fsp3) is 0. The Labute approximate surface area is 353 Å². The van der Waals surface area contributed by atoms with Gasteiger partial charge >= 0.3 is 0 Å². The molecule has 2 heterocycles. The zero-order valence-electron chi connectivity index (χ0n) is 33.2. The molecule has 12 aromatic rings. The molecule has 0 bridgehead atoms. The van der Waals surface area contributed by atoms with E-state index < -0.39 is 0 Å². The number of fused-ring (bicyclic) bond motifs is 7. The third kappa shape index (κ3) is 5.98. The van der Waals surface area contributed by atoms with Crippen molar-refractivity contribution in [2.45, 2.75) is 0 Å². The maximum Gasteiger partial charge on any atom is 0.143 e. The highest BCUT2D eigenvalue weighted by Gasteiger charge is 2.17. The minimum atomic E-state index is 0.904. The molecular weight excluding hydrogens is 741 g/mol. The molecule has 3 nitrogen and oxygen atoms in total. The molecule has 0 N–H and O–H groups in total. The molecule has 3 heteroatoms. The maximum absolute atomic E-state index is 6.43. The molecule has 0 atom stereocenters. The number of hydrogen-bond donors (Lipinski definition) is 0. The molecule has 0 aliphatic rings. The second kappa shape index (κ2) is 14.3. The molecule has 0 saturated carbocycles. The molecule has 0 radical (unpaired) electrons. The summed E-state index contributed by atoms with van der Waals surface area (Å²) in [5, 5.41) is 7.29. The predicted molar refractivity (Wildman–Crippen MR) is 257 cm³/mol. The van der Waals surface area contributed by atoms with Crippen LogP contribution in [0.5, 0.6) is 0 Å². The van der Waals surface area contributed by atoms with Crippen LogP contribution in [0, 0.1) is 0 Å². The van der Waals surface area contributed by atoms with Crippen LogP contribution in [-0.4, -0.2) is 4.57 Å². The van der Waals surface area contributed by atoms with Crippen molar-refractivity contribution in [3.8, 4) is 39.1 Å². The molecule has 0 amide bonds. The molecule has 61 heavy (non-hydrogen) atoms. The number of furan rings is 1. The third-order valence-electron chi connectivity index (χ3n) is 12.2. The summed E-state index contributed by atoms with van der Waals surface area (Å²) in [5.74, 6) is 0. The highest BCUT2D eigenvalue weighted by Crippen LogP contribution is 2.41. The number of aromatic nitrogens is 1. The average molecular weight is 779 g/mol. The Morgan fingerprint density at radius 2 is 0.803 bits per heavy atom. The maximum atomic E-state index is 6.43. The van der Waals surface area contributed by atoms with E-state index in [9.17, 15) is 0 Å². The summed E-state index contributed by atoms with van der Waals surface area (Å²) in [6, 6.07) is 82.9. The van der Waals surface area contributed by atoms with Gasteiger partial charge in [0.1, 0.15) is 11.2 Å². The lowest BCUT2D eigenvalue weighted by Gasteiger charge is -2.26. The fourth-order valence-corrected chi connectivity index (χ4v) is 9.19. The van der Waals surface area contributed by atoms with Crippen LogP contribution in [-0.2, 0) is 0 Å². The van der Waals surface area contributed by atoms with Gasteiger partial charge in [-0.15, -0.1) is 0 Å². The summed E-state index contributed by atoms with van der Waals surface area (Å²) >= 11 is 0. The molecule has 0 spiro atoms. The standard InChI is InChI=1S/C58H38N2O/c1-2-11-44-38-45(25-24-39(44)10-1)42-22-20-40(21-23-42)41-26-30-46(31-27-41)59(47-32-28-43(29-33-47)50-15-9-16-54-53-14-5-8-19-57(53)61-58(50)54)48-34-36-49(37-35-48)60-55-17-6-3-12-51(55)52-13-4-7-18-56(52)60/h1-38H. The molecule has 0 saturated heterocycles. The van der Waals surface area contributed by atoms with E-state index in [-0.39, 0.29) is 0 Å². The van der Waals surface area contributed by atoms with Crippen molar-refractivity contribution in [1.82, 2.24) is 4.57 Å². The summed E-state index contributed by atoms with van der Waals surface area (Å²) in [6.45, 7) is 0. The average Bonchev–Trinajstić information content (AvgIpc) is 3.89. The summed E-state index contributed by atoms with van der Waals surface area (Å²) in [7, 11) is 0. The van der Waals surface area contributed by atoms with Gasteiger partial charge in [-0.2, -0.15) is 0 Å². The lowest BCUT2D eigenvalue weighted by Crippen LogP contribution is -2.10. The Bertz CT molecular complexity index is 3500. The number of benzene rings is 10. The minimum absolute atomic E-state index is 0.904. The van der Waals surface area contributed by atoms with Crippen LogP contribution in [0.4, 0.5) is 17.1 Å². The van der Waals surface area contributed by atoms with Gasteiger partial charge < -0.3 is 13.9 Å². The van der Waals surface area contributed by atoms with Crippen molar-refractivity contribution in [1.29, 1.82) is 0 Å². The van der Waals surface area contributed by atoms with Crippen molar-refractivity contribution < 1.29 is 4.42 Å². The highest BCUT2D eigenvalue weighted by atomic mass is 16.3. The molecular formula is C58H38N2O. The fourth-order valence-electron chi connectivity index (χ4n) is 9.19. The van der Waals surface area contributed by atoms with Crippen LogP contribution in [0.25, 0.3) is 93.6 Å². The molecule has 0 aliphatic heterocycles. The molecule has 2 aromatic heterocycles. The van der Waals surface area contributed by atoms with Crippen LogP contribution < -0.4 is 4.90 Å². The van der Waals surface area contributed by atoms with Gasteiger partial charge in [-0.05, 0) is 111 Å². The quantitative estimate of drug-likeness (QED) is 0.161. The monoisotopic (exact) mass is 778 g/mol. The smallest absolute Gasteiger partial charge is 0.143 e. The summed E-state index contributed by atoms with van der Waals surface area (Å²) in [6.07, 6.45) is 0. The van der Waals surface area contributed by atoms with E-state index in [0.717, 1.165) is 55.8 Å². The Kier molecular flexibility index (Phi) is 8.17. The SMILES string of the molecule is c1ccc2cc(-c3ccc(-c4ccc(N(c5ccc(-c6cccc7c6oc6ccccc67)cc5)c5ccc(-n6c7ccccc7c7ccccc76)cc5)cc4)cc3)ccc2c1. The van der Waals surface area contributed by atoms with E-state index in [4.69, 9.17) is 4.42 Å². The van der Waals surface area contributed by atoms with Crippen molar-refractivity contribution in [2.75, 3.05) is 4.90 Å². The molecule has 0 aliphatic carbocycles. The zero-order valence-corrected chi connectivity index (χ0v) is 33.2. The zero-order chi connectivity index (χ0) is 40.3. The Balaban J connectivity index is 0.916. The second-order valence-electron chi connectivity index (χ2n) is 15.7. The van der Waals surface area contributed by atoms with Crippen LogP contribution in [0.2, 0.25) is 0 Å². The van der Waals surface area contributed by atoms with E-state index in [1.165, 1.54) is 54.8 Å². The number of rotatable bonds is 7. The van der Waals surface area contributed by atoms with Crippen molar-refractivity contribution >= 4 is 71.6 Å². The van der Waals surface area contributed by atoms with Crippen LogP contribution in [0.1, 0.15) is 0 Å². The first-order valence-electron chi connectivity index (χ1n) is 20.8. The van der Waals surface area contributed by atoms with Crippen LogP contribution in [0.15, 0.2) is 235 Å². The van der Waals surface area contributed by atoms with E-state index in [1.807, 2.05) is 12.1 Å². The number of para-hydroxylation sites is 4. The van der Waals surface area contributed by atoms with E-state index in [1.54, 1.807) is 0 Å². The first-order chi connectivity index (χ1) is 30.2. The minimum Gasteiger partial charge on any atom is -0.455 e. The van der Waals surface area contributed by atoms with Crippen LogP contribution in [0.3, 0.4) is 0 Å². The normalized spacial score (nSPS) is 11.6. The van der Waals surface area contributed by atoms with Crippen molar-refractivity contribution in [3.63, 3.8) is 0 Å². The Morgan fingerprint density at radius 3 is 1.46 bits per heavy atom. The Hall–Kier alpha value is -8.14.